The number of methoxy groups -OCH3 is 1. The van der Waals surface area contributed by atoms with Gasteiger partial charge in [-0.1, -0.05) is 43.6 Å². The minimum atomic E-state index is -2.92. The monoisotopic (exact) mass is 517 g/mol. The van der Waals surface area contributed by atoms with Crippen LogP contribution in [-0.4, -0.2) is 33.7 Å². The summed E-state index contributed by atoms with van der Waals surface area (Å²) in [4.78, 5) is 15.5. The van der Waals surface area contributed by atoms with Gasteiger partial charge in [0.05, 0.1) is 7.11 Å². The third-order valence-electron chi connectivity index (χ3n) is 6.29. The molecule has 1 aromatic heterocycles. The standard InChI is InChI=1S/C27H30ClF2N3O3/c1-16(2)22-12-7-19(28)13-18(22)14-33(20-8-9-20)26(34)23-24(25(29)30)31-32(3)27(23)36-15-17-5-10-21(35-4)11-6-17/h5-7,10-13,16,20,25H,8-9,14-15H2,1-4H3. The second kappa shape index (κ2) is 10.9. The van der Waals surface area contributed by atoms with Crippen molar-refractivity contribution in [1.82, 2.24) is 14.7 Å². The number of alkyl halides is 2. The number of halogens is 3. The van der Waals surface area contributed by atoms with Crippen molar-refractivity contribution in [2.75, 3.05) is 7.11 Å². The van der Waals surface area contributed by atoms with Crippen molar-refractivity contribution in [3.05, 3.63) is 75.4 Å². The first-order valence-electron chi connectivity index (χ1n) is 11.9. The number of benzene rings is 2. The second-order valence-corrected chi connectivity index (χ2v) is 9.72. The highest BCUT2D eigenvalue weighted by molar-refractivity contribution is 6.30. The van der Waals surface area contributed by atoms with E-state index in [2.05, 4.69) is 18.9 Å². The molecule has 9 heteroatoms. The largest absolute Gasteiger partial charge is 0.497 e. The van der Waals surface area contributed by atoms with E-state index >= 15 is 0 Å². The normalized spacial score (nSPS) is 13.4. The van der Waals surface area contributed by atoms with Crippen LogP contribution in [0, 0.1) is 0 Å². The molecule has 0 unspecified atom stereocenters. The predicted molar refractivity (Wildman–Crippen MR) is 134 cm³/mol. The van der Waals surface area contributed by atoms with Crippen LogP contribution in [0.3, 0.4) is 0 Å². The van der Waals surface area contributed by atoms with Crippen molar-refractivity contribution < 1.29 is 23.0 Å². The summed E-state index contributed by atoms with van der Waals surface area (Å²) in [5.41, 5.74) is 2.00. The molecule has 2 aromatic carbocycles. The van der Waals surface area contributed by atoms with E-state index in [1.807, 2.05) is 30.3 Å². The lowest BCUT2D eigenvalue weighted by molar-refractivity contribution is 0.0711. The maximum atomic E-state index is 14.0. The lowest BCUT2D eigenvalue weighted by Gasteiger charge is -2.25. The van der Waals surface area contributed by atoms with Crippen LogP contribution < -0.4 is 9.47 Å². The lowest BCUT2D eigenvalue weighted by Crippen LogP contribution is -2.34. The number of aryl methyl sites for hydroxylation is 1. The predicted octanol–water partition coefficient (Wildman–Crippen LogP) is 6.53. The van der Waals surface area contributed by atoms with Crippen molar-refractivity contribution in [1.29, 1.82) is 0 Å². The fraction of sp³-hybridized carbons (Fsp3) is 0.407. The summed E-state index contributed by atoms with van der Waals surface area (Å²) in [6.07, 6.45) is -1.29. The van der Waals surface area contributed by atoms with E-state index in [1.165, 1.54) is 11.7 Å². The number of rotatable bonds is 10. The smallest absolute Gasteiger partial charge is 0.283 e. The van der Waals surface area contributed by atoms with Crippen LogP contribution in [0.1, 0.15) is 71.8 Å². The van der Waals surface area contributed by atoms with Gasteiger partial charge in [-0.2, -0.15) is 5.10 Å². The van der Waals surface area contributed by atoms with Gasteiger partial charge in [0, 0.05) is 24.7 Å². The second-order valence-electron chi connectivity index (χ2n) is 9.29. The van der Waals surface area contributed by atoms with Crippen molar-refractivity contribution in [3.8, 4) is 11.6 Å². The van der Waals surface area contributed by atoms with Gasteiger partial charge in [-0.05, 0) is 59.7 Å². The Morgan fingerprint density at radius 2 is 1.89 bits per heavy atom. The molecule has 4 rings (SSSR count). The summed E-state index contributed by atoms with van der Waals surface area (Å²) >= 11 is 6.27. The number of nitrogens with zero attached hydrogens (tertiary/aromatic N) is 3. The Bertz CT molecular complexity index is 1220. The number of hydrogen-bond acceptors (Lipinski definition) is 4. The first-order valence-corrected chi connectivity index (χ1v) is 12.3. The molecule has 1 aliphatic rings. The Morgan fingerprint density at radius 1 is 1.19 bits per heavy atom. The molecule has 0 N–H and O–H groups in total. The van der Waals surface area contributed by atoms with E-state index in [4.69, 9.17) is 21.1 Å². The molecule has 0 spiro atoms. The zero-order valence-electron chi connectivity index (χ0n) is 20.8. The Labute approximate surface area is 214 Å². The zero-order chi connectivity index (χ0) is 26.0. The molecule has 1 fully saturated rings. The number of amides is 1. The summed E-state index contributed by atoms with van der Waals surface area (Å²) in [5, 5.41) is 4.52. The third-order valence-corrected chi connectivity index (χ3v) is 6.53. The fourth-order valence-corrected chi connectivity index (χ4v) is 4.47. The van der Waals surface area contributed by atoms with Gasteiger partial charge in [0.1, 0.15) is 23.6 Å². The van der Waals surface area contributed by atoms with Gasteiger partial charge in [0.25, 0.3) is 12.3 Å². The number of aromatic nitrogens is 2. The molecule has 1 amide bonds. The molecule has 0 aliphatic heterocycles. The maximum absolute atomic E-state index is 14.0. The molecule has 36 heavy (non-hydrogen) atoms. The van der Waals surface area contributed by atoms with Crippen LogP contribution in [0.2, 0.25) is 5.02 Å². The molecule has 1 saturated carbocycles. The first kappa shape index (κ1) is 25.9. The third kappa shape index (κ3) is 5.64. The Hall–Kier alpha value is -3.13. The number of hydrogen-bond donors (Lipinski definition) is 0. The summed E-state index contributed by atoms with van der Waals surface area (Å²) in [6.45, 7) is 4.49. The number of ether oxygens (including phenoxy) is 2. The van der Waals surface area contributed by atoms with Crippen molar-refractivity contribution in [3.63, 3.8) is 0 Å². The Morgan fingerprint density at radius 3 is 2.47 bits per heavy atom. The summed E-state index contributed by atoms with van der Waals surface area (Å²) < 4.78 is 40.3. The Kier molecular flexibility index (Phi) is 7.83. The first-order chi connectivity index (χ1) is 17.2. The summed E-state index contributed by atoms with van der Waals surface area (Å²) in [6, 6.07) is 12.8. The van der Waals surface area contributed by atoms with Crippen LogP contribution in [0.25, 0.3) is 0 Å². The number of carbonyl (C=O) groups is 1. The van der Waals surface area contributed by atoms with E-state index in [-0.39, 0.29) is 36.6 Å². The van der Waals surface area contributed by atoms with Crippen molar-refractivity contribution in [2.24, 2.45) is 7.05 Å². The van der Waals surface area contributed by atoms with Crippen LogP contribution in [0.5, 0.6) is 11.6 Å². The molecule has 0 bridgehead atoms. The van der Waals surface area contributed by atoms with E-state index in [9.17, 15) is 13.6 Å². The highest BCUT2D eigenvalue weighted by Gasteiger charge is 2.39. The Balaban J connectivity index is 1.67. The lowest BCUT2D eigenvalue weighted by atomic mass is 9.96. The van der Waals surface area contributed by atoms with E-state index < -0.39 is 18.0 Å². The SMILES string of the molecule is COc1ccc(COc2c(C(=O)N(Cc3cc(Cl)ccc3C(C)C)C3CC3)c(C(F)F)nn2C)cc1. The van der Waals surface area contributed by atoms with Gasteiger partial charge < -0.3 is 14.4 Å². The average molecular weight is 518 g/mol. The highest BCUT2D eigenvalue weighted by Crippen LogP contribution is 2.37. The van der Waals surface area contributed by atoms with Crippen LogP contribution in [0.4, 0.5) is 8.78 Å². The van der Waals surface area contributed by atoms with Crippen LogP contribution in [-0.2, 0) is 20.2 Å². The van der Waals surface area contributed by atoms with E-state index in [0.717, 1.165) is 29.5 Å². The van der Waals surface area contributed by atoms with Gasteiger partial charge in [0.15, 0.2) is 0 Å². The quantitative estimate of drug-likeness (QED) is 0.307. The van der Waals surface area contributed by atoms with Crippen LogP contribution >= 0.6 is 11.6 Å². The van der Waals surface area contributed by atoms with Gasteiger partial charge in [-0.25, -0.2) is 13.5 Å². The highest BCUT2D eigenvalue weighted by atomic mass is 35.5. The summed E-state index contributed by atoms with van der Waals surface area (Å²) in [7, 11) is 3.07. The van der Waals surface area contributed by atoms with E-state index in [1.54, 1.807) is 24.1 Å². The summed E-state index contributed by atoms with van der Waals surface area (Å²) in [5.74, 6) is 0.413. The molecule has 6 nitrogen and oxygen atoms in total. The molecule has 1 heterocycles. The number of carbonyl (C=O) groups excluding carboxylic acids is 1. The van der Waals surface area contributed by atoms with Gasteiger partial charge in [-0.3, -0.25) is 4.79 Å². The van der Waals surface area contributed by atoms with Crippen molar-refractivity contribution >= 4 is 17.5 Å². The zero-order valence-corrected chi connectivity index (χ0v) is 21.6. The van der Waals surface area contributed by atoms with Crippen molar-refractivity contribution in [2.45, 2.75) is 58.2 Å². The average Bonchev–Trinajstić information content (AvgIpc) is 3.63. The molecular weight excluding hydrogens is 488 g/mol. The minimum Gasteiger partial charge on any atom is -0.497 e. The minimum absolute atomic E-state index is 0.0203. The fourth-order valence-electron chi connectivity index (χ4n) is 4.28. The molecule has 0 saturated heterocycles. The van der Waals surface area contributed by atoms with Gasteiger partial charge in [-0.15, -0.1) is 0 Å². The molecule has 192 valence electrons. The maximum Gasteiger partial charge on any atom is 0.283 e. The molecule has 3 aromatic rings. The van der Waals surface area contributed by atoms with E-state index in [0.29, 0.717) is 10.8 Å². The molecular formula is C27H30ClF2N3O3. The van der Waals surface area contributed by atoms with Gasteiger partial charge in [0.2, 0.25) is 5.88 Å². The van der Waals surface area contributed by atoms with Crippen LogP contribution in [0.15, 0.2) is 42.5 Å². The molecule has 0 radical (unpaired) electrons. The molecule has 1 aliphatic carbocycles. The topological polar surface area (TPSA) is 56.6 Å². The molecule has 0 atom stereocenters. The van der Waals surface area contributed by atoms with Gasteiger partial charge >= 0.3 is 0 Å².